The molecule has 0 saturated heterocycles. The van der Waals surface area contributed by atoms with Crippen molar-refractivity contribution in [3.05, 3.63) is 48.2 Å². The number of alkyl halides is 2. The minimum atomic E-state index is -3.03. The molecule has 1 saturated carbocycles. The summed E-state index contributed by atoms with van der Waals surface area (Å²) in [5.74, 6) is -1.000. The van der Waals surface area contributed by atoms with Crippen molar-refractivity contribution in [3.63, 3.8) is 0 Å². The fraction of sp³-hybridized carbons (Fsp3) is 0.333. The maximum Gasteiger partial charge on any atom is 0.387 e. The minimum Gasteiger partial charge on any atom is -0.494 e. The normalized spacial score (nSPS) is 14.2. The molecular formula is C24H25F2N3O5. The van der Waals surface area contributed by atoms with Crippen molar-refractivity contribution in [1.82, 2.24) is 4.57 Å². The topological polar surface area (TPSA) is 116 Å². The fourth-order valence-electron chi connectivity index (χ4n) is 3.95. The lowest BCUT2D eigenvalue weighted by Crippen LogP contribution is -2.20. The molecule has 34 heavy (non-hydrogen) atoms. The number of carbonyl (C=O) groups is 2. The molecule has 2 aromatic carbocycles. The molecule has 0 radical (unpaired) electrons. The van der Waals surface area contributed by atoms with Gasteiger partial charge in [-0.15, -0.1) is 0 Å². The van der Waals surface area contributed by atoms with Gasteiger partial charge in [-0.2, -0.15) is 8.78 Å². The molecule has 1 fully saturated rings. The first-order valence-corrected chi connectivity index (χ1v) is 10.9. The van der Waals surface area contributed by atoms with Crippen molar-refractivity contribution in [3.8, 4) is 17.4 Å². The largest absolute Gasteiger partial charge is 0.494 e. The number of aromatic nitrogens is 1. The summed E-state index contributed by atoms with van der Waals surface area (Å²) in [7, 11) is 0. The van der Waals surface area contributed by atoms with E-state index < -0.39 is 18.6 Å². The monoisotopic (exact) mass is 473 g/mol. The molecule has 8 nitrogen and oxygen atoms in total. The predicted molar refractivity (Wildman–Crippen MR) is 121 cm³/mol. The van der Waals surface area contributed by atoms with Gasteiger partial charge in [0.05, 0.1) is 30.1 Å². The van der Waals surface area contributed by atoms with E-state index in [1.807, 2.05) is 0 Å². The van der Waals surface area contributed by atoms with E-state index in [1.165, 1.54) is 22.8 Å². The summed E-state index contributed by atoms with van der Waals surface area (Å²) in [5.41, 5.74) is 6.44. The number of ether oxygens (including phenoxy) is 2. The second kappa shape index (κ2) is 9.58. The van der Waals surface area contributed by atoms with Crippen LogP contribution in [0.5, 0.6) is 17.4 Å². The van der Waals surface area contributed by atoms with Crippen molar-refractivity contribution < 1.29 is 33.0 Å². The first-order valence-electron chi connectivity index (χ1n) is 10.9. The second-order valence-electron chi connectivity index (χ2n) is 8.10. The summed E-state index contributed by atoms with van der Waals surface area (Å²) in [5, 5.41) is 15.1. The number of anilines is 1. The van der Waals surface area contributed by atoms with Gasteiger partial charge in [0.15, 0.2) is 11.5 Å². The molecule has 1 atom stereocenters. The van der Waals surface area contributed by atoms with E-state index in [2.05, 4.69) is 10.1 Å². The van der Waals surface area contributed by atoms with Crippen molar-refractivity contribution in [2.24, 2.45) is 11.7 Å². The van der Waals surface area contributed by atoms with E-state index in [0.29, 0.717) is 22.0 Å². The Balaban J connectivity index is 1.78. The van der Waals surface area contributed by atoms with E-state index in [4.69, 9.17) is 10.5 Å². The lowest BCUT2D eigenvalue weighted by molar-refractivity contribution is -0.118. The molecule has 4 N–H and O–H groups in total. The van der Waals surface area contributed by atoms with Crippen LogP contribution in [0.3, 0.4) is 0 Å². The van der Waals surface area contributed by atoms with Crippen LogP contribution in [0.2, 0.25) is 0 Å². The van der Waals surface area contributed by atoms with Gasteiger partial charge in [-0.05, 0) is 43.5 Å². The lowest BCUT2D eigenvalue weighted by atomic mass is 10.0. The molecule has 0 aliphatic heterocycles. The molecule has 180 valence electrons. The molecule has 0 bridgehead atoms. The average Bonchev–Trinajstić information content (AvgIpc) is 3.57. The highest BCUT2D eigenvalue weighted by atomic mass is 19.3. The number of nitrogens with one attached hydrogen (secondary N) is 1. The average molecular weight is 473 g/mol. The Morgan fingerprint density at radius 1 is 1.24 bits per heavy atom. The number of hydrogen-bond donors (Lipinski definition) is 3. The van der Waals surface area contributed by atoms with Gasteiger partial charge < -0.3 is 30.2 Å². The number of fused-ring (bicyclic) bond motifs is 1. The quantitative estimate of drug-likeness (QED) is 0.409. The number of halogens is 2. The van der Waals surface area contributed by atoms with Gasteiger partial charge in [-0.25, -0.2) is 0 Å². The predicted octanol–water partition coefficient (Wildman–Crippen LogP) is 4.16. The number of nitrogens with two attached hydrogens (primary N) is 1. The van der Waals surface area contributed by atoms with E-state index in [-0.39, 0.29) is 42.2 Å². The minimum absolute atomic E-state index is 0.0203. The third-order valence-electron chi connectivity index (χ3n) is 5.65. The van der Waals surface area contributed by atoms with Gasteiger partial charge in [0.2, 0.25) is 17.7 Å². The molecule has 4 rings (SSSR count). The molecule has 0 spiro atoms. The molecule has 1 heterocycles. The Hall–Kier alpha value is -3.82. The first kappa shape index (κ1) is 23.3. The molecule has 10 heteroatoms. The van der Waals surface area contributed by atoms with E-state index in [1.54, 1.807) is 31.3 Å². The van der Waals surface area contributed by atoms with Crippen molar-refractivity contribution in [2.75, 3.05) is 11.9 Å². The van der Waals surface area contributed by atoms with Crippen LogP contribution in [0.15, 0.2) is 42.6 Å². The lowest BCUT2D eigenvalue weighted by Gasteiger charge is -2.21. The number of carbonyl (C=O) groups excluding carboxylic acids is 2. The number of benzene rings is 2. The number of hydrogen-bond acceptors (Lipinski definition) is 5. The van der Waals surface area contributed by atoms with Crippen molar-refractivity contribution in [1.29, 1.82) is 0 Å². The standard InChI is InChI=1S/C24H25F2N3O5/c1-2-33-19-10-14(8-9-18(19)34-24(25)26)17(11-20(27)30)29-12-15-4-3-5-16(21(15)23(29)32)28-22(31)13-6-7-13/h3-5,8-10,12-13,17,24,32H,2,6-7,11H2,1H3,(H2,27,30)(H,28,31). The third-order valence-corrected chi connectivity index (χ3v) is 5.65. The molecule has 1 aliphatic carbocycles. The van der Waals surface area contributed by atoms with Gasteiger partial charge in [0, 0.05) is 17.5 Å². The zero-order chi connectivity index (χ0) is 24.4. The Labute approximate surface area is 194 Å². The smallest absolute Gasteiger partial charge is 0.387 e. The molecule has 2 amide bonds. The summed E-state index contributed by atoms with van der Waals surface area (Å²) in [6, 6.07) is 8.76. The van der Waals surface area contributed by atoms with Gasteiger partial charge >= 0.3 is 6.61 Å². The summed E-state index contributed by atoms with van der Waals surface area (Å²) < 4.78 is 37.0. The van der Waals surface area contributed by atoms with Crippen LogP contribution in [0.4, 0.5) is 14.5 Å². The van der Waals surface area contributed by atoms with Crippen LogP contribution < -0.4 is 20.5 Å². The highest BCUT2D eigenvalue weighted by Crippen LogP contribution is 2.41. The maximum absolute atomic E-state index is 12.8. The number of aromatic hydroxyl groups is 1. The summed E-state index contributed by atoms with van der Waals surface area (Å²) in [6.07, 6.45) is 3.14. The van der Waals surface area contributed by atoms with E-state index in [9.17, 15) is 23.5 Å². The molecular weight excluding hydrogens is 448 g/mol. The van der Waals surface area contributed by atoms with Crippen molar-refractivity contribution in [2.45, 2.75) is 38.8 Å². The molecule has 1 unspecified atom stereocenters. The highest BCUT2D eigenvalue weighted by Gasteiger charge is 2.30. The molecule has 1 aromatic heterocycles. The summed E-state index contributed by atoms with van der Waals surface area (Å²) in [4.78, 5) is 24.2. The highest BCUT2D eigenvalue weighted by molar-refractivity contribution is 6.06. The number of rotatable bonds is 10. The third kappa shape index (κ3) is 4.90. The van der Waals surface area contributed by atoms with Crippen LogP contribution in [0, 0.1) is 5.92 Å². The van der Waals surface area contributed by atoms with Crippen LogP contribution in [0.1, 0.15) is 37.8 Å². The second-order valence-corrected chi connectivity index (χ2v) is 8.10. The van der Waals surface area contributed by atoms with Crippen LogP contribution in [-0.2, 0) is 9.59 Å². The fourth-order valence-corrected chi connectivity index (χ4v) is 3.95. The van der Waals surface area contributed by atoms with Crippen LogP contribution >= 0.6 is 0 Å². The summed E-state index contributed by atoms with van der Waals surface area (Å²) in [6.45, 7) is -1.14. The van der Waals surface area contributed by atoms with Crippen LogP contribution in [0.25, 0.3) is 10.8 Å². The number of amides is 2. The number of primary amides is 1. The van der Waals surface area contributed by atoms with E-state index >= 15 is 0 Å². The van der Waals surface area contributed by atoms with Crippen LogP contribution in [-0.4, -0.2) is 34.7 Å². The summed E-state index contributed by atoms with van der Waals surface area (Å²) >= 11 is 0. The van der Waals surface area contributed by atoms with E-state index in [0.717, 1.165) is 12.8 Å². The Kier molecular flexibility index (Phi) is 6.58. The Morgan fingerprint density at radius 3 is 2.65 bits per heavy atom. The van der Waals surface area contributed by atoms with Gasteiger partial charge in [-0.3, -0.25) is 9.59 Å². The zero-order valence-corrected chi connectivity index (χ0v) is 18.5. The number of nitrogens with zero attached hydrogens (tertiary/aromatic N) is 1. The molecule has 1 aliphatic rings. The Morgan fingerprint density at radius 2 is 2.00 bits per heavy atom. The Bertz CT molecular complexity index is 1220. The maximum atomic E-state index is 12.8. The zero-order valence-electron chi connectivity index (χ0n) is 18.5. The first-order chi connectivity index (χ1) is 16.3. The van der Waals surface area contributed by atoms with Gasteiger partial charge in [-0.1, -0.05) is 18.2 Å². The SMILES string of the molecule is CCOc1cc(C(CC(N)=O)n2cc3cccc(NC(=O)C4CC4)c3c2O)ccc1OC(F)F. The van der Waals surface area contributed by atoms with Gasteiger partial charge in [0.25, 0.3) is 0 Å². The van der Waals surface area contributed by atoms with Crippen molar-refractivity contribution >= 4 is 28.3 Å². The van der Waals surface area contributed by atoms with Gasteiger partial charge in [0.1, 0.15) is 0 Å². The molecule has 3 aromatic rings.